The van der Waals surface area contributed by atoms with E-state index in [0.717, 1.165) is 11.3 Å². The summed E-state index contributed by atoms with van der Waals surface area (Å²) in [6, 6.07) is 12.5. The molecule has 172 valence electrons. The van der Waals surface area contributed by atoms with Gasteiger partial charge < -0.3 is 24.0 Å². The van der Waals surface area contributed by atoms with Crippen molar-refractivity contribution in [1.29, 1.82) is 0 Å². The molecule has 2 amide bonds. The fourth-order valence-electron chi connectivity index (χ4n) is 4.39. The lowest BCUT2D eigenvalue weighted by atomic mass is 9.82. The summed E-state index contributed by atoms with van der Waals surface area (Å²) in [6.45, 7) is 5.20. The fraction of sp³-hybridized carbons (Fsp3) is 0.440. The Morgan fingerprint density at radius 2 is 1.62 bits per heavy atom. The summed E-state index contributed by atoms with van der Waals surface area (Å²) < 4.78 is 16.2. The maximum absolute atomic E-state index is 13.5. The summed E-state index contributed by atoms with van der Waals surface area (Å²) in [6.07, 6.45) is 0.813. The van der Waals surface area contributed by atoms with Gasteiger partial charge in [0, 0.05) is 25.2 Å². The van der Waals surface area contributed by atoms with Gasteiger partial charge in [0.25, 0.3) is 0 Å². The van der Waals surface area contributed by atoms with Crippen LogP contribution in [-0.4, -0.2) is 51.1 Å². The van der Waals surface area contributed by atoms with Crippen LogP contribution >= 0.6 is 0 Å². The minimum Gasteiger partial charge on any atom is -0.497 e. The van der Waals surface area contributed by atoms with Crippen LogP contribution in [0.2, 0.25) is 0 Å². The van der Waals surface area contributed by atoms with Gasteiger partial charge in [0.2, 0.25) is 11.8 Å². The van der Waals surface area contributed by atoms with Crippen molar-refractivity contribution in [2.24, 2.45) is 5.92 Å². The van der Waals surface area contributed by atoms with Crippen molar-refractivity contribution in [3.63, 3.8) is 0 Å². The standard InChI is InChI=1S/C25H32N2O5/c1-6-26(7-2)25(29)20-13-15-23(28)27(18-9-11-19(30-3)12-10-18)24(20)17-8-14-21(31-4)22(16-17)32-5/h8-12,14,16,20,24H,6-7,13,15H2,1-5H3/t20-,24+/m1/s1. The van der Waals surface area contributed by atoms with Crippen molar-refractivity contribution in [1.82, 2.24) is 4.90 Å². The van der Waals surface area contributed by atoms with Gasteiger partial charge in [-0.3, -0.25) is 9.59 Å². The molecular weight excluding hydrogens is 408 g/mol. The first-order valence-corrected chi connectivity index (χ1v) is 11.0. The van der Waals surface area contributed by atoms with Crippen LogP contribution in [0.4, 0.5) is 5.69 Å². The Balaban J connectivity index is 2.14. The summed E-state index contributed by atoms with van der Waals surface area (Å²) >= 11 is 0. The van der Waals surface area contributed by atoms with Crippen molar-refractivity contribution >= 4 is 17.5 Å². The minimum absolute atomic E-state index is 0.0152. The largest absolute Gasteiger partial charge is 0.497 e. The van der Waals surface area contributed by atoms with E-state index < -0.39 is 6.04 Å². The van der Waals surface area contributed by atoms with E-state index in [1.807, 2.05) is 61.2 Å². The van der Waals surface area contributed by atoms with E-state index >= 15 is 0 Å². The summed E-state index contributed by atoms with van der Waals surface area (Å²) in [5.41, 5.74) is 1.56. The smallest absolute Gasteiger partial charge is 0.228 e. The molecule has 0 saturated carbocycles. The first-order valence-electron chi connectivity index (χ1n) is 11.0. The molecule has 7 heteroatoms. The van der Waals surface area contributed by atoms with Crippen molar-refractivity contribution in [2.45, 2.75) is 32.7 Å². The molecule has 1 heterocycles. The van der Waals surface area contributed by atoms with Gasteiger partial charge in [-0.1, -0.05) is 6.07 Å². The average Bonchev–Trinajstić information content (AvgIpc) is 2.84. The minimum atomic E-state index is -0.461. The van der Waals surface area contributed by atoms with E-state index in [0.29, 0.717) is 43.2 Å². The summed E-state index contributed by atoms with van der Waals surface area (Å²) in [5.74, 6) is 1.54. The van der Waals surface area contributed by atoms with Crippen LogP contribution in [0.15, 0.2) is 42.5 Å². The van der Waals surface area contributed by atoms with Crippen LogP contribution in [0, 0.1) is 5.92 Å². The number of anilines is 1. The second-order valence-electron chi connectivity index (χ2n) is 7.68. The monoisotopic (exact) mass is 440 g/mol. The second kappa shape index (κ2) is 10.4. The molecule has 0 N–H and O–H groups in total. The third-order valence-corrected chi connectivity index (χ3v) is 6.09. The predicted molar refractivity (Wildman–Crippen MR) is 123 cm³/mol. The Bertz CT molecular complexity index is 940. The number of carbonyl (C=O) groups excluding carboxylic acids is 2. The first-order chi connectivity index (χ1) is 15.5. The summed E-state index contributed by atoms with van der Waals surface area (Å²) in [4.78, 5) is 30.3. The zero-order chi connectivity index (χ0) is 23.3. The lowest BCUT2D eigenvalue weighted by molar-refractivity contribution is -0.138. The molecule has 7 nitrogen and oxygen atoms in total. The number of nitrogens with zero attached hydrogens (tertiary/aromatic N) is 2. The molecule has 0 aliphatic carbocycles. The quantitative estimate of drug-likeness (QED) is 0.619. The number of amides is 2. The molecule has 0 aromatic heterocycles. The van der Waals surface area contributed by atoms with Crippen LogP contribution in [0.5, 0.6) is 17.2 Å². The molecule has 2 atom stereocenters. The lowest BCUT2D eigenvalue weighted by Crippen LogP contribution is -2.49. The predicted octanol–water partition coefficient (Wildman–Crippen LogP) is 4.07. The van der Waals surface area contributed by atoms with Crippen LogP contribution in [0.25, 0.3) is 0 Å². The molecule has 0 bridgehead atoms. The molecule has 0 radical (unpaired) electrons. The molecule has 32 heavy (non-hydrogen) atoms. The van der Waals surface area contributed by atoms with Gasteiger partial charge in [0.1, 0.15) is 5.75 Å². The van der Waals surface area contributed by atoms with E-state index in [2.05, 4.69) is 0 Å². The number of rotatable bonds is 8. The fourth-order valence-corrected chi connectivity index (χ4v) is 4.39. The SMILES string of the molecule is CCN(CC)C(=O)[C@@H]1CCC(=O)N(c2ccc(OC)cc2)[C@H]1c1ccc(OC)c(OC)c1. The zero-order valence-corrected chi connectivity index (χ0v) is 19.5. The highest BCUT2D eigenvalue weighted by Gasteiger charge is 2.42. The normalized spacial score (nSPS) is 18.3. The second-order valence-corrected chi connectivity index (χ2v) is 7.68. The Labute approximate surface area is 189 Å². The zero-order valence-electron chi connectivity index (χ0n) is 19.5. The van der Waals surface area contributed by atoms with E-state index in [1.165, 1.54) is 0 Å². The lowest BCUT2D eigenvalue weighted by Gasteiger charge is -2.42. The number of hydrogen-bond donors (Lipinski definition) is 0. The van der Waals surface area contributed by atoms with Gasteiger partial charge in [0.15, 0.2) is 11.5 Å². The molecule has 1 saturated heterocycles. The number of benzene rings is 2. The van der Waals surface area contributed by atoms with E-state index in [-0.39, 0.29) is 17.7 Å². The van der Waals surface area contributed by atoms with Gasteiger partial charge in [-0.15, -0.1) is 0 Å². The van der Waals surface area contributed by atoms with E-state index in [9.17, 15) is 9.59 Å². The Kier molecular flexibility index (Phi) is 7.62. The number of piperidine rings is 1. The van der Waals surface area contributed by atoms with E-state index in [1.54, 1.807) is 26.2 Å². The van der Waals surface area contributed by atoms with Crippen LogP contribution < -0.4 is 19.1 Å². The summed E-state index contributed by atoms with van der Waals surface area (Å²) in [5, 5.41) is 0. The maximum atomic E-state index is 13.5. The molecule has 2 aromatic carbocycles. The van der Waals surface area contributed by atoms with Gasteiger partial charge in [-0.25, -0.2) is 0 Å². The Hall–Kier alpha value is -3.22. The van der Waals surface area contributed by atoms with Gasteiger partial charge in [-0.2, -0.15) is 0 Å². The highest BCUT2D eigenvalue weighted by atomic mass is 16.5. The van der Waals surface area contributed by atoms with Crippen LogP contribution in [-0.2, 0) is 9.59 Å². The number of methoxy groups -OCH3 is 3. The van der Waals surface area contributed by atoms with Crippen molar-refractivity contribution in [3.8, 4) is 17.2 Å². The Morgan fingerprint density at radius 3 is 2.19 bits per heavy atom. The third kappa shape index (κ3) is 4.52. The third-order valence-electron chi connectivity index (χ3n) is 6.09. The van der Waals surface area contributed by atoms with Crippen molar-refractivity contribution < 1.29 is 23.8 Å². The summed E-state index contributed by atoms with van der Waals surface area (Å²) in [7, 11) is 4.76. The van der Waals surface area contributed by atoms with Gasteiger partial charge in [-0.05, 0) is 62.2 Å². The molecule has 1 fully saturated rings. The Morgan fingerprint density at radius 1 is 0.969 bits per heavy atom. The molecule has 0 unspecified atom stereocenters. The highest BCUT2D eigenvalue weighted by Crippen LogP contribution is 2.43. The van der Waals surface area contributed by atoms with Crippen LogP contribution in [0.1, 0.15) is 38.3 Å². The first kappa shape index (κ1) is 23.4. The number of ether oxygens (including phenoxy) is 3. The van der Waals surface area contributed by atoms with Crippen molar-refractivity contribution in [2.75, 3.05) is 39.3 Å². The van der Waals surface area contributed by atoms with E-state index in [4.69, 9.17) is 14.2 Å². The van der Waals surface area contributed by atoms with Crippen molar-refractivity contribution in [3.05, 3.63) is 48.0 Å². The molecule has 1 aliphatic heterocycles. The van der Waals surface area contributed by atoms with Gasteiger partial charge in [0.05, 0.1) is 33.3 Å². The molecule has 1 aliphatic rings. The molecule has 2 aromatic rings. The topological polar surface area (TPSA) is 68.3 Å². The maximum Gasteiger partial charge on any atom is 0.228 e. The molecular formula is C25H32N2O5. The average molecular weight is 441 g/mol. The highest BCUT2D eigenvalue weighted by molar-refractivity contribution is 5.97. The number of carbonyl (C=O) groups is 2. The molecule has 3 rings (SSSR count). The molecule has 0 spiro atoms. The number of hydrogen-bond acceptors (Lipinski definition) is 5. The van der Waals surface area contributed by atoms with Crippen LogP contribution in [0.3, 0.4) is 0 Å². The van der Waals surface area contributed by atoms with Gasteiger partial charge >= 0.3 is 0 Å².